The lowest BCUT2D eigenvalue weighted by Crippen LogP contribution is -2.58. The normalized spacial score (nSPS) is 19.4. The number of hydrogen-bond donors (Lipinski definition) is 4. The summed E-state index contributed by atoms with van der Waals surface area (Å²) in [6, 6.07) is -3.37. The molecule has 0 aliphatic carbocycles. The second-order valence-electron chi connectivity index (χ2n) is 18.0. The number of thioether (sulfide) groups is 2. The molecule has 4 N–H and O–H groups in total. The monoisotopic (exact) mass is 928 g/mol. The highest BCUT2D eigenvalue weighted by atomic mass is 32.2. The third-order valence-corrected chi connectivity index (χ3v) is 12.9. The van der Waals surface area contributed by atoms with Crippen LogP contribution in [0.2, 0.25) is 0 Å². The van der Waals surface area contributed by atoms with Gasteiger partial charge in [0.05, 0.1) is 49.5 Å². The number of amides is 4. The van der Waals surface area contributed by atoms with E-state index in [0.29, 0.717) is 36.5 Å². The van der Waals surface area contributed by atoms with Crippen molar-refractivity contribution < 1.29 is 28.7 Å². The van der Waals surface area contributed by atoms with Crippen molar-refractivity contribution in [2.45, 2.75) is 176 Å². The van der Waals surface area contributed by atoms with Gasteiger partial charge in [-0.05, 0) is 100 Å². The third-order valence-electron chi connectivity index (χ3n) is 10.7. The molecule has 22 heteroatoms. The van der Waals surface area contributed by atoms with Crippen molar-refractivity contribution in [3.63, 3.8) is 0 Å². The molecule has 2 aromatic heterocycles. The molecule has 0 bridgehead atoms. The molecule has 64 heavy (non-hydrogen) atoms. The number of ether oxygens (including phenoxy) is 2. The molecule has 4 amide bonds. The van der Waals surface area contributed by atoms with Gasteiger partial charge >= 0.3 is 0 Å². The number of nitrogens with one attached hydrogen (secondary N) is 4. The SMILES string of the molecule is CNC(C)C(=O)NC(C(=O)N1CCCC1Cn1nnnc1SC(C)(C)C)C(C)OCC#CC#CCOC(C)C(NC(=O)C(C)NC)C(=O)N1CCCC1Cn1nnnc1SC(C)(C)C. The van der Waals surface area contributed by atoms with Crippen molar-refractivity contribution in [3.8, 4) is 23.7 Å². The summed E-state index contributed by atoms with van der Waals surface area (Å²) in [5.74, 6) is 10.0. The Morgan fingerprint density at radius 3 is 1.39 bits per heavy atom. The average Bonchev–Trinajstić information content (AvgIpc) is 4.07. The summed E-state index contributed by atoms with van der Waals surface area (Å²) in [5, 5.41) is 37.5. The molecule has 8 unspecified atom stereocenters. The number of carbonyl (C=O) groups excluding carboxylic acids is 4. The molecule has 0 radical (unpaired) electrons. The number of tetrazole rings is 2. The van der Waals surface area contributed by atoms with Crippen LogP contribution in [0.4, 0.5) is 0 Å². The van der Waals surface area contributed by atoms with Crippen molar-refractivity contribution in [1.29, 1.82) is 0 Å². The van der Waals surface area contributed by atoms with E-state index in [1.807, 2.05) is 0 Å². The molecule has 0 aromatic carbocycles. The first-order valence-corrected chi connectivity index (χ1v) is 23.5. The lowest BCUT2D eigenvalue weighted by molar-refractivity contribution is -0.142. The maximum Gasteiger partial charge on any atom is 0.248 e. The van der Waals surface area contributed by atoms with Crippen LogP contribution in [-0.4, -0.2) is 172 Å². The summed E-state index contributed by atoms with van der Waals surface area (Å²) in [6.07, 6.45) is 1.68. The number of rotatable bonds is 20. The van der Waals surface area contributed by atoms with Crippen LogP contribution < -0.4 is 21.3 Å². The molecule has 2 saturated heterocycles. The molecular formula is C42H68N14O6S2. The highest BCUT2D eigenvalue weighted by Gasteiger charge is 2.40. The molecule has 2 aromatic rings. The topological polar surface area (TPSA) is 229 Å². The van der Waals surface area contributed by atoms with Gasteiger partial charge in [0.2, 0.25) is 33.9 Å². The summed E-state index contributed by atoms with van der Waals surface area (Å²) in [4.78, 5) is 58.0. The van der Waals surface area contributed by atoms with Gasteiger partial charge in [-0.15, -0.1) is 10.2 Å². The Kier molecular flexibility index (Phi) is 19.8. The molecule has 8 atom stereocenters. The summed E-state index contributed by atoms with van der Waals surface area (Å²) < 4.78 is 15.3. The second-order valence-corrected chi connectivity index (χ2v) is 21.6. The van der Waals surface area contributed by atoms with Crippen LogP contribution in [0.15, 0.2) is 10.3 Å². The van der Waals surface area contributed by atoms with Gasteiger partial charge in [0.15, 0.2) is 0 Å². The maximum atomic E-state index is 14.2. The van der Waals surface area contributed by atoms with E-state index in [2.05, 4.69) is 118 Å². The Balaban J connectivity index is 1.37. The van der Waals surface area contributed by atoms with E-state index in [9.17, 15) is 19.2 Å². The van der Waals surface area contributed by atoms with Crippen LogP contribution in [0.5, 0.6) is 0 Å². The Hall–Kier alpha value is -4.32. The Morgan fingerprint density at radius 2 is 1.05 bits per heavy atom. The zero-order valence-electron chi connectivity index (χ0n) is 39.4. The molecule has 2 aliphatic rings. The fourth-order valence-electron chi connectivity index (χ4n) is 6.98. The highest BCUT2D eigenvalue weighted by molar-refractivity contribution is 8.00. The van der Waals surface area contributed by atoms with Crippen molar-refractivity contribution in [3.05, 3.63) is 0 Å². The van der Waals surface area contributed by atoms with E-state index in [1.54, 1.807) is 84.5 Å². The van der Waals surface area contributed by atoms with Crippen molar-refractivity contribution in [1.82, 2.24) is 71.5 Å². The molecule has 2 fully saturated rings. The number of carbonyl (C=O) groups is 4. The Bertz CT molecular complexity index is 1860. The van der Waals surface area contributed by atoms with E-state index < -0.39 is 36.4 Å². The van der Waals surface area contributed by atoms with Gasteiger partial charge in [-0.1, -0.05) is 76.9 Å². The lowest BCUT2D eigenvalue weighted by atomic mass is 10.1. The van der Waals surface area contributed by atoms with Crippen LogP contribution in [0, 0.1) is 23.7 Å². The summed E-state index contributed by atoms with van der Waals surface area (Å²) in [7, 11) is 3.35. The summed E-state index contributed by atoms with van der Waals surface area (Å²) >= 11 is 3.11. The number of likely N-dealkylation sites (tertiary alicyclic amines) is 2. The number of likely N-dealkylation sites (N-methyl/N-ethyl adjacent to an activating group) is 2. The molecule has 0 spiro atoms. The van der Waals surface area contributed by atoms with E-state index in [0.717, 1.165) is 25.7 Å². The molecule has 2 aliphatic heterocycles. The predicted octanol–water partition coefficient (Wildman–Crippen LogP) is 1.13. The average molecular weight is 929 g/mol. The first-order chi connectivity index (χ1) is 30.2. The van der Waals surface area contributed by atoms with Crippen molar-refractivity contribution in [2.75, 3.05) is 40.4 Å². The van der Waals surface area contributed by atoms with Gasteiger partial charge in [-0.3, -0.25) is 19.2 Å². The standard InChI is InChI=1S/C42H68N14O6S2/c1-27(43-11)35(57)45-33(37(59)53-21-17-19-31(53)25-55-39(47-49-51-55)63-41(5,6)7)29(3)61-23-15-13-14-16-24-62-30(4)34(46-36(58)28(2)44-12)38(60)54-22-18-20-32(54)26-56-40(48-50-52-56)64-42(8,9)10/h27-34,43-44H,17-26H2,1-12H3,(H,45,57)(H,46,58). The molecule has 4 heterocycles. The van der Waals surface area contributed by atoms with E-state index >= 15 is 0 Å². The van der Waals surface area contributed by atoms with Gasteiger partial charge in [0, 0.05) is 22.6 Å². The number of nitrogens with zero attached hydrogens (tertiary/aromatic N) is 10. The van der Waals surface area contributed by atoms with Crippen LogP contribution >= 0.6 is 23.5 Å². The van der Waals surface area contributed by atoms with E-state index in [-0.39, 0.29) is 58.4 Å². The van der Waals surface area contributed by atoms with Gasteiger partial charge in [-0.2, -0.15) is 0 Å². The van der Waals surface area contributed by atoms with Gasteiger partial charge in [-0.25, -0.2) is 9.36 Å². The minimum Gasteiger partial charge on any atom is -0.363 e. The minimum absolute atomic E-state index is 0.0555. The van der Waals surface area contributed by atoms with Crippen LogP contribution in [-0.2, 0) is 41.7 Å². The minimum atomic E-state index is -0.975. The molecule has 0 saturated carbocycles. The smallest absolute Gasteiger partial charge is 0.248 e. The van der Waals surface area contributed by atoms with Gasteiger partial charge in [0.1, 0.15) is 25.3 Å². The first-order valence-electron chi connectivity index (χ1n) is 21.9. The Labute approximate surface area is 386 Å². The number of aromatic nitrogens is 8. The third kappa shape index (κ3) is 15.7. The fourth-order valence-corrected chi connectivity index (χ4v) is 8.66. The van der Waals surface area contributed by atoms with Crippen LogP contribution in [0.1, 0.15) is 94.9 Å². The molecular weight excluding hydrogens is 861 g/mol. The van der Waals surface area contributed by atoms with Gasteiger partial charge in [0.25, 0.3) is 0 Å². The fraction of sp³-hybridized carbons (Fsp3) is 0.762. The van der Waals surface area contributed by atoms with Crippen molar-refractivity contribution >= 4 is 47.2 Å². The van der Waals surface area contributed by atoms with Crippen LogP contribution in [0.3, 0.4) is 0 Å². The van der Waals surface area contributed by atoms with E-state index in [1.165, 1.54) is 0 Å². The predicted molar refractivity (Wildman–Crippen MR) is 244 cm³/mol. The maximum absolute atomic E-state index is 14.2. The number of hydrogen-bond acceptors (Lipinski definition) is 16. The molecule has 354 valence electrons. The lowest BCUT2D eigenvalue weighted by Gasteiger charge is -2.32. The van der Waals surface area contributed by atoms with Gasteiger partial charge < -0.3 is 40.5 Å². The first kappa shape index (κ1) is 52.3. The summed E-state index contributed by atoms with van der Waals surface area (Å²) in [5.41, 5.74) is 0. The molecule has 20 nitrogen and oxygen atoms in total. The van der Waals surface area contributed by atoms with Crippen molar-refractivity contribution in [2.24, 2.45) is 0 Å². The molecule has 4 rings (SSSR count). The Morgan fingerprint density at radius 1 is 0.672 bits per heavy atom. The zero-order chi connectivity index (χ0) is 47.2. The van der Waals surface area contributed by atoms with E-state index in [4.69, 9.17) is 9.47 Å². The quantitative estimate of drug-likeness (QED) is 0.108. The highest BCUT2D eigenvalue weighted by Crippen LogP contribution is 2.32. The second kappa shape index (κ2) is 24.3. The largest absolute Gasteiger partial charge is 0.363 e. The van der Waals surface area contributed by atoms with Crippen LogP contribution in [0.25, 0.3) is 0 Å². The zero-order valence-corrected chi connectivity index (χ0v) is 41.1. The summed E-state index contributed by atoms with van der Waals surface area (Å²) in [6.45, 7) is 21.2.